The topological polar surface area (TPSA) is 65.2 Å². The van der Waals surface area contributed by atoms with E-state index in [9.17, 15) is 8.78 Å². The molecular weight excluding hydrogens is 290 g/mol. The number of hydrogen-bond acceptors (Lipinski definition) is 4. The average Bonchev–Trinajstić information content (AvgIpc) is 2.96. The van der Waals surface area contributed by atoms with Gasteiger partial charge in [-0.15, -0.1) is 0 Å². The molecule has 0 unspecified atom stereocenters. The zero-order chi connectivity index (χ0) is 14.3. The number of anilines is 1. The molecule has 0 saturated heterocycles. The monoisotopic (exact) mass is 296 g/mol. The number of nitrogens with zero attached hydrogens (tertiary/aromatic N) is 1. The molecule has 3 aromatic rings. The number of halogens is 3. The van der Waals surface area contributed by atoms with Crippen LogP contribution in [0.5, 0.6) is 0 Å². The summed E-state index contributed by atoms with van der Waals surface area (Å²) in [6.45, 7) is 0. The molecule has 2 aromatic heterocycles. The van der Waals surface area contributed by atoms with E-state index in [1.807, 2.05) is 0 Å². The molecule has 0 saturated carbocycles. The van der Waals surface area contributed by atoms with Crippen LogP contribution in [0.1, 0.15) is 0 Å². The van der Waals surface area contributed by atoms with E-state index in [0.29, 0.717) is 5.56 Å². The van der Waals surface area contributed by atoms with Gasteiger partial charge >= 0.3 is 0 Å². The lowest BCUT2D eigenvalue weighted by atomic mass is 10.0. The Morgan fingerprint density at radius 3 is 2.60 bits per heavy atom. The second-order valence-corrected chi connectivity index (χ2v) is 4.35. The molecule has 0 amide bonds. The standard InChI is InChI=1S/C13H7ClF2N2O2/c14-12-8(3-4-19-12)11-10(13(17)18-20-11)7-2-1-6(15)5-9(7)16/h1-5H,(H2,17,18). The van der Waals surface area contributed by atoms with Gasteiger partial charge in [-0.05, 0) is 29.8 Å². The van der Waals surface area contributed by atoms with Crippen molar-refractivity contribution in [1.82, 2.24) is 5.16 Å². The highest BCUT2D eigenvalue weighted by Crippen LogP contribution is 2.40. The Bertz CT molecular complexity index is 783. The number of benzene rings is 1. The van der Waals surface area contributed by atoms with E-state index in [1.54, 1.807) is 0 Å². The van der Waals surface area contributed by atoms with Crippen molar-refractivity contribution in [2.24, 2.45) is 0 Å². The number of rotatable bonds is 2. The van der Waals surface area contributed by atoms with Gasteiger partial charge in [0.1, 0.15) is 11.6 Å². The van der Waals surface area contributed by atoms with Crippen molar-refractivity contribution >= 4 is 17.4 Å². The van der Waals surface area contributed by atoms with E-state index in [1.165, 1.54) is 18.4 Å². The first-order valence-corrected chi connectivity index (χ1v) is 5.89. The lowest BCUT2D eigenvalue weighted by molar-refractivity contribution is 0.435. The van der Waals surface area contributed by atoms with Crippen LogP contribution in [0.4, 0.5) is 14.6 Å². The maximum Gasteiger partial charge on any atom is 0.204 e. The Hall–Kier alpha value is -2.34. The van der Waals surface area contributed by atoms with E-state index in [0.717, 1.165) is 12.1 Å². The minimum atomic E-state index is -0.777. The zero-order valence-electron chi connectivity index (χ0n) is 9.86. The van der Waals surface area contributed by atoms with Gasteiger partial charge in [-0.25, -0.2) is 8.78 Å². The van der Waals surface area contributed by atoms with Crippen LogP contribution in [-0.4, -0.2) is 5.16 Å². The van der Waals surface area contributed by atoms with Crippen LogP contribution >= 0.6 is 11.6 Å². The maximum absolute atomic E-state index is 13.9. The molecule has 0 aliphatic heterocycles. The summed E-state index contributed by atoms with van der Waals surface area (Å²) in [5, 5.41) is 3.66. The third-order valence-electron chi connectivity index (χ3n) is 2.78. The van der Waals surface area contributed by atoms with E-state index in [2.05, 4.69) is 5.16 Å². The summed E-state index contributed by atoms with van der Waals surface area (Å²) in [7, 11) is 0. The lowest BCUT2D eigenvalue weighted by Crippen LogP contribution is -1.92. The molecule has 20 heavy (non-hydrogen) atoms. The maximum atomic E-state index is 13.9. The lowest BCUT2D eigenvalue weighted by Gasteiger charge is -2.03. The summed E-state index contributed by atoms with van der Waals surface area (Å²) >= 11 is 5.86. The molecule has 0 radical (unpaired) electrons. The molecule has 102 valence electrons. The van der Waals surface area contributed by atoms with Gasteiger partial charge in [0.05, 0.1) is 17.4 Å². The van der Waals surface area contributed by atoms with Crippen molar-refractivity contribution in [2.45, 2.75) is 0 Å². The summed E-state index contributed by atoms with van der Waals surface area (Å²) in [4.78, 5) is 0. The Balaban J connectivity index is 2.24. The van der Waals surface area contributed by atoms with Crippen molar-refractivity contribution in [2.75, 3.05) is 5.73 Å². The predicted molar refractivity (Wildman–Crippen MR) is 69.0 cm³/mol. The van der Waals surface area contributed by atoms with E-state index in [-0.39, 0.29) is 27.9 Å². The van der Waals surface area contributed by atoms with Crippen molar-refractivity contribution in [3.63, 3.8) is 0 Å². The summed E-state index contributed by atoms with van der Waals surface area (Å²) in [5.41, 5.74) is 6.35. The van der Waals surface area contributed by atoms with Crippen LogP contribution in [0, 0.1) is 11.6 Å². The second-order valence-electron chi connectivity index (χ2n) is 4.00. The minimum Gasteiger partial charge on any atom is -0.452 e. The number of nitrogens with two attached hydrogens (primary N) is 1. The summed E-state index contributed by atoms with van der Waals surface area (Å²) in [6.07, 6.45) is 1.35. The smallest absolute Gasteiger partial charge is 0.204 e. The zero-order valence-corrected chi connectivity index (χ0v) is 10.6. The minimum absolute atomic E-state index is 0.0252. The van der Waals surface area contributed by atoms with Gasteiger partial charge in [-0.3, -0.25) is 0 Å². The highest BCUT2D eigenvalue weighted by Gasteiger charge is 2.23. The van der Waals surface area contributed by atoms with Gasteiger partial charge in [-0.1, -0.05) is 5.16 Å². The summed E-state index contributed by atoms with van der Waals surface area (Å²) in [6, 6.07) is 4.66. The van der Waals surface area contributed by atoms with E-state index < -0.39 is 11.6 Å². The first kappa shape index (κ1) is 12.7. The summed E-state index contributed by atoms with van der Waals surface area (Å²) in [5.74, 6) is -1.33. The number of nitrogen functional groups attached to an aromatic ring is 1. The van der Waals surface area contributed by atoms with Crippen molar-refractivity contribution < 1.29 is 17.7 Å². The molecule has 3 rings (SSSR count). The second kappa shape index (κ2) is 4.64. The molecule has 0 fully saturated rings. The fourth-order valence-corrected chi connectivity index (χ4v) is 2.09. The number of aromatic nitrogens is 1. The molecule has 0 aliphatic rings. The molecular formula is C13H7ClF2N2O2. The van der Waals surface area contributed by atoms with Gasteiger partial charge in [0.15, 0.2) is 11.6 Å². The molecule has 0 spiro atoms. The Labute approximate surface area is 116 Å². The van der Waals surface area contributed by atoms with Gasteiger partial charge in [0, 0.05) is 11.6 Å². The van der Waals surface area contributed by atoms with Gasteiger partial charge in [0.2, 0.25) is 5.22 Å². The largest absolute Gasteiger partial charge is 0.452 e. The first-order valence-electron chi connectivity index (χ1n) is 5.52. The third kappa shape index (κ3) is 1.94. The molecule has 1 aromatic carbocycles. The molecule has 7 heteroatoms. The van der Waals surface area contributed by atoms with Gasteiger partial charge in [0.25, 0.3) is 0 Å². The predicted octanol–water partition coefficient (Wildman–Crippen LogP) is 4.12. The Kier molecular flexibility index (Phi) is 2.94. The van der Waals surface area contributed by atoms with Crippen LogP contribution in [0.15, 0.2) is 39.5 Å². The quantitative estimate of drug-likeness (QED) is 0.772. The number of furan rings is 1. The average molecular weight is 297 g/mol. The van der Waals surface area contributed by atoms with Crippen LogP contribution < -0.4 is 5.73 Å². The third-order valence-corrected chi connectivity index (χ3v) is 3.07. The van der Waals surface area contributed by atoms with Crippen LogP contribution in [0.2, 0.25) is 5.22 Å². The highest BCUT2D eigenvalue weighted by molar-refractivity contribution is 6.31. The van der Waals surface area contributed by atoms with Crippen molar-refractivity contribution in [3.05, 3.63) is 47.4 Å². The van der Waals surface area contributed by atoms with E-state index >= 15 is 0 Å². The number of hydrogen-bond donors (Lipinski definition) is 1. The Morgan fingerprint density at radius 2 is 1.95 bits per heavy atom. The fraction of sp³-hybridized carbons (Fsp3) is 0. The van der Waals surface area contributed by atoms with Gasteiger partial charge < -0.3 is 14.7 Å². The van der Waals surface area contributed by atoms with Crippen LogP contribution in [-0.2, 0) is 0 Å². The highest BCUT2D eigenvalue weighted by atomic mass is 35.5. The van der Waals surface area contributed by atoms with Crippen molar-refractivity contribution in [1.29, 1.82) is 0 Å². The molecule has 2 heterocycles. The van der Waals surface area contributed by atoms with E-state index in [4.69, 9.17) is 26.3 Å². The normalized spacial score (nSPS) is 10.9. The SMILES string of the molecule is Nc1noc(-c2ccoc2Cl)c1-c1ccc(F)cc1F. The van der Waals surface area contributed by atoms with Crippen molar-refractivity contribution in [3.8, 4) is 22.5 Å². The van der Waals surface area contributed by atoms with Crippen LogP contribution in [0.3, 0.4) is 0 Å². The molecule has 0 atom stereocenters. The molecule has 4 nitrogen and oxygen atoms in total. The molecule has 0 bridgehead atoms. The molecule has 2 N–H and O–H groups in total. The Morgan fingerprint density at radius 1 is 1.15 bits per heavy atom. The van der Waals surface area contributed by atoms with Crippen LogP contribution in [0.25, 0.3) is 22.5 Å². The van der Waals surface area contributed by atoms with Gasteiger partial charge in [-0.2, -0.15) is 0 Å². The summed E-state index contributed by atoms with van der Waals surface area (Å²) < 4.78 is 36.9. The first-order chi connectivity index (χ1) is 9.58. The molecule has 0 aliphatic carbocycles. The fourth-order valence-electron chi connectivity index (χ4n) is 1.89.